The van der Waals surface area contributed by atoms with E-state index in [2.05, 4.69) is 10.1 Å². The maximum atomic E-state index is 11.9. The first-order chi connectivity index (χ1) is 8.70. The van der Waals surface area contributed by atoms with Crippen LogP contribution in [0.25, 0.3) is 0 Å². The van der Waals surface area contributed by atoms with E-state index >= 15 is 0 Å². The highest BCUT2D eigenvalue weighted by molar-refractivity contribution is 6.01. The molecule has 1 amide bonds. The molecule has 1 aromatic carbocycles. The molecule has 1 aliphatic carbocycles. The molecule has 4 nitrogen and oxygen atoms in total. The van der Waals surface area contributed by atoms with Crippen molar-refractivity contribution in [1.29, 1.82) is 0 Å². The molecule has 0 bridgehead atoms. The molecular formula is C14H15NO3. The van der Waals surface area contributed by atoms with Crippen LogP contribution in [0.2, 0.25) is 0 Å². The van der Waals surface area contributed by atoms with Gasteiger partial charge in [-0.15, -0.1) is 0 Å². The molecule has 0 aromatic heterocycles. The van der Waals surface area contributed by atoms with Crippen molar-refractivity contribution in [2.75, 3.05) is 7.11 Å². The third kappa shape index (κ3) is 3.20. The van der Waals surface area contributed by atoms with Crippen LogP contribution in [0.4, 0.5) is 0 Å². The first-order valence-corrected chi connectivity index (χ1v) is 5.87. The number of methoxy groups -OCH3 is 1. The molecular weight excluding hydrogens is 230 g/mol. The van der Waals surface area contributed by atoms with Crippen LogP contribution in [0.15, 0.2) is 42.1 Å². The molecule has 0 aliphatic heterocycles. The summed E-state index contributed by atoms with van der Waals surface area (Å²) in [7, 11) is 1.30. The third-order valence-electron chi connectivity index (χ3n) is 2.71. The standard InChI is InChI=1S/C14H15NO3/c1-18-14(17)12(9-10-7-8-10)15-13(16)11-5-3-2-4-6-11/h2-6,9-10H,7-8H2,1H3,(H,15,16)/b12-9-. The second-order valence-corrected chi connectivity index (χ2v) is 4.23. The van der Waals surface area contributed by atoms with Crippen LogP contribution < -0.4 is 5.32 Å². The van der Waals surface area contributed by atoms with E-state index in [9.17, 15) is 9.59 Å². The van der Waals surface area contributed by atoms with Crippen molar-refractivity contribution < 1.29 is 14.3 Å². The first-order valence-electron chi connectivity index (χ1n) is 5.87. The van der Waals surface area contributed by atoms with Crippen LogP contribution >= 0.6 is 0 Å². The zero-order valence-corrected chi connectivity index (χ0v) is 10.2. The van der Waals surface area contributed by atoms with Crippen LogP contribution in [-0.2, 0) is 9.53 Å². The average Bonchev–Trinajstić information content (AvgIpc) is 3.22. The zero-order valence-electron chi connectivity index (χ0n) is 10.2. The highest BCUT2D eigenvalue weighted by Crippen LogP contribution is 2.31. The van der Waals surface area contributed by atoms with E-state index in [-0.39, 0.29) is 11.6 Å². The second-order valence-electron chi connectivity index (χ2n) is 4.23. The fourth-order valence-corrected chi connectivity index (χ4v) is 1.55. The minimum absolute atomic E-state index is 0.230. The summed E-state index contributed by atoms with van der Waals surface area (Å²) in [5.41, 5.74) is 0.747. The van der Waals surface area contributed by atoms with Crippen molar-refractivity contribution in [3.63, 3.8) is 0 Å². The maximum absolute atomic E-state index is 11.9. The Balaban J connectivity index is 2.09. The van der Waals surface area contributed by atoms with Crippen molar-refractivity contribution in [2.45, 2.75) is 12.8 Å². The van der Waals surface area contributed by atoms with E-state index in [1.54, 1.807) is 30.3 Å². The van der Waals surface area contributed by atoms with Gasteiger partial charge in [0, 0.05) is 5.56 Å². The van der Waals surface area contributed by atoms with Crippen LogP contribution in [0.5, 0.6) is 0 Å². The first kappa shape index (κ1) is 12.4. The van der Waals surface area contributed by atoms with E-state index in [0.29, 0.717) is 11.5 Å². The fraction of sp³-hybridized carbons (Fsp3) is 0.286. The quantitative estimate of drug-likeness (QED) is 0.651. The second kappa shape index (κ2) is 5.49. The van der Waals surface area contributed by atoms with Gasteiger partial charge in [-0.3, -0.25) is 4.79 Å². The molecule has 18 heavy (non-hydrogen) atoms. The summed E-state index contributed by atoms with van der Waals surface area (Å²) in [5.74, 6) is -0.422. The van der Waals surface area contributed by atoms with Crippen LogP contribution in [-0.4, -0.2) is 19.0 Å². The van der Waals surface area contributed by atoms with Crippen molar-refractivity contribution in [1.82, 2.24) is 5.32 Å². The molecule has 4 heteroatoms. The van der Waals surface area contributed by atoms with Gasteiger partial charge in [0.15, 0.2) is 0 Å². The van der Waals surface area contributed by atoms with Crippen LogP contribution in [0, 0.1) is 5.92 Å². The lowest BCUT2D eigenvalue weighted by atomic mass is 10.2. The summed E-state index contributed by atoms with van der Waals surface area (Å²) in [6.45, 7) is 0. The molecule has 1 aliphatic rings. The number of benzene rings is 1. The number of rotatable bonds is 4. The lowest BCUT2D eigenvalue weighted by Gasteiger charge is -2.07. The van der Waals surface area contributed by atoms with Crippen molar-refractivity contribution in [3.8, 4) is 0 Å². The predicted molar refractivity (Wildman–Crippen MR) is 66.7 cm³/mol. The van der Waals surface area contributed by atoms with E-state index in [0.717, 1.165) is 12.8 Å². The predicted octanol–water partition coefficient (Wildman–Crippen LogP) is 1.88. The van der Waals surface area contributed by atoms with Crippen molar-refractivity contribution >= 4 is 11.9 Å². The van der Waals surface area contributed by atoms with Gasteiger partial charge in [0.05, 0.1) is 7.11 Å². The Morgan fingerprint density at radius 2 is 1.94 bits per heavy atom. The molecule has 1 N–H and O–H groups in total. The smallest absolute Gasteiger partial charge is 0.354 e. The Labute approximate surface area is 106 Å². The van der Waals surface area contributed by atoms with Gasteiger partial charge < -0.3 is 10.1 Å². The summed E-state index contributed by atoms with van der Waals surface area (Å²) in [5, 5.41) is 2.60. The van der Waals surface area contributed by atoms with Gasteiger partial charge in [-0.2, -0.15) is 0 Å². The summed E-state index contributed by atoms with van der Waals surface area (Å²) in [4.78, 5) is 23.5. The Bertz CT molecular complexity index is 475. The number of esters is 1. The summed E-state index contributed by atoms with van der Waals surface area (Å²) in [6.07, 6.45) is 3.88. The topological polar surface area (TPSA) is 55.4 Å². The van der Waals surface area contributed by atoms with Gasteiger partial charge >= 0.3 is 5.97 Å². The normalized spacial score (nSPS) is 15.1. The number of nitrogens with one attached hydrogen (secondary N) is 1. The lowest BCUT2D eigenvalue weighted by Crippen LogP contribution is -2.28. The van der Waals surface area contributed by atoms with Gasteiger partial charge in [-0.05, 0) is 30.9 Å². The molecule has 0 atom stereocenters. The number of ether oxygens (including phenoxy) is 1. The number of carbonyl (C=O) groups is 2. The van der Waals surface area contributed by atoms with Crippen molar-refractivity contribution in [3.05, 3.63) is 47.7 Å². The van der Waals surface area contributed by atoms with E-state index < -0.39 is 5.97 Å². The number of hydrogen-bond donors (Lipinski definition) is 1. The molecule has 1 fully saturated rings. The number of hydrogen-bond acceptors (Lipinski definition) is 3. The van der Waals surface area contributed by atoms with Crippen molar-refractivity contribution in [2.24, 2.45) is 5.92 Å². The average molecular weight is 245 g/mol. The highest BCUT2D eigenvalue weighted by atomic mass is 16.5. The SMILES string of the molecule is COC(=O)/C(=C/C1CC1)NC(=O)c1ccccc1. The van der Waals surface area contributed by atoms with Gasteiger partial charge in [0.25, 0.3) is 5.91 Å². The molecule has 0 heterocycles. The Kier molecular flexibility index (Phi) is 3.77. The van der Waals surface area contributed by atoms with Gasteiger partial charge in [-0.25, -0.2) is 4.79 Å². The Morgan fingerprint density at radius 3 is 2.50 bits per heavy atom. The zero-order chi connectivity index (χ0) is 13.0. The Hall–Kier alpha value is -2.10. The minimum atomic E-state index is -0.508. The lowest BCUT2D eigenvalue weighted by molar-refractivity contribution is -0.136. The van der Waals surface area contributed by atoms with Crippen LogP contribution in [0.1, 0.15) is 23.2 Å². The molecule has 2 rings (SSSR count). The van der Waals surface area contributed by atoms with E-state index in [4.69, 9.17) is 0 Å². The summed E-state index contributed by atoms with van der Waals surface area (Å²) < 4.78 is 4.66. The molecule has 1 saturated carbocycles. The molecule has 0 unspecified atom stereocenters. The van der Waals surface area contributed by atoms with Gasteiger partial charge in [0.1, 0.15) is 5.70 Å². The summed E-state index contributed by atoms with van der Waals surface area (Å²) >= 11 is 0. The number of allylic oxidation sites excluding steroid dienone is 1. The molecule has 0 spiro atoms. The largest absolute Gasteiger partial charge is 0.464 e. The molecule has 94 valence electrons. The van der Waals surface area contributed by atoms with Crippen LogP contribution in [0.3, 0.4) is 0 Å². The number of carbonyl (C=O) groups excluding carboxylic acids is 2. The molecule has 1 aromatic rings. The van der Waals surface area contributed by atoms with Gasteiger partial charge in [0.2, 0.25) is 0 Å². The fourth-order valence-electron chi connectivity index (χ4n) is 1.55. The Morgan fingerprint density at radius 1 is 1.28 bits per heavy atom. The van der Waals surface area contributed by atoms with E-state index in [1.165, 1.54) is 7.11 Å². The number of amides is 1. The minimum Gasteiger partial charge on any atom is -0.464 e. The highest BCUT2D eigenvalue weighted by Gasteiger charge is 2.23. The molecule has 0 radical (unpaired) electrons. The van der Waals surface area contributed by atoms with Gasteiger partial charge in [-0.1, -0.05) is 24.3 Å². The third-order valence-corrected chi connectivity index (χ3v) is 2.71. The molecule has 0 saturated heterocycles. The maximum Gasteiger partial charge on any atom is 0.354 e. The monoisotopic (exact) mass is 245 g/mol. The summed E-state index contributed by atoms with van der Waals surface area (Å²) in [6, 6.07) is 8.77. The van der Waals surface area contributed by atoms with E-state index in [1.807, 2.05) is 6.07 Å².